The molecule has 0 fully saturated rings. The Morgan fingerprint density at radius 3 is 2.18 bits per heavy atom. The monoisotopic (exact) mass is 226 g/mol. The van der Waals surface area contributed by atoms with Crippen molar-refractivity contribution in [1.29, 1.82) is 5.41 Å². The molecule has 2 aromatic carbocycles. The molecule has 0 radical (unpaired) electrons. The van der Waals surface area contributed by atoms with Crippen LogP contribution in [-0.4, -0.2) is 5.84 Å². The van der Waals surface area contributed by atoms with Crippen LogP contribution in [0.15, 0.2) is 60.7 Å². The fourth-order valence-electron chi connectivity index (χ4n) is 1.43. The lowest BCUT2D eigenvalue weighted by atomic mass is 10.2. The summed E-state index contributed by atoms with van der Waals surface area (Å²) in [5.41, 5.74) is 4.51. The minimum atomic E-state index is 0.265. The second-order valence-electron chi connectivity index (χ2n) is 3.62. The molecule has 3 nitrogen and oxygen atoms in total. The number of hydroxylamine groups is 1. The number of hydrogen-bond donors (Lipinski definition) is 2. The van der Waals surface area contributed by atoms with E-state index in [2.05, 4.69) is 5.48 Å². The number of hydrogen-bond acceptors (Lipinski definition) is 2. The Balaban J connectivity index is 1.82. The third kappa shape index (κ3) is 3.43. The van der Waals surface area contributed by atoms with Crippen molar-refractivity contribution in [2.45, 2.75) is 6.61 Å². The summed E-state index contributed by atoms with van der Waals surface area (Å²) in [5, 5.41) is 7.76. The molecule has 0 heterocycles. The van der Waals surface area contributed by atoms with Crippen LogP contribution in [0.3, 0.4) is 0 Å². The molecule has 0 aliphatic carbocycles. The first-order chi connectivity index (χ1) is 8.36. The molecule has 0 amide bonds. The van der Waals surface area contributed by atoms with Crippen molar-refractivity contribution in [1.82, 2.24) is 5.48 Å². The van der Waals surface area contributed by atoms with Crippen molar-refractivity contribution in [2.75, 3.05) is 0 Å². The van der Waals surface area contributed by atoms with Crippen molar-refractivity contribution >= 4 is 5.84 Å². The summed E-state index contributed by atoms with van der Waals surface area (Å²) < 4.78 is 0. The highest BCUT2D eigenvalue weighted by Gasteiger charge is 1.99. The molecular formula is C14H14N2O. The van der Waals surface area contributed by atoms with Gasteiger partial charge in [-0.1, -0.05) is 60.7 Å². The van der Waals surface area contributed by atoms with Gasteiger partial charge < -0.3 is 0 Å². The van der Waals surface area contributed by atoms with Crippen LogP contribution in [0.1, 0.15) is 11.1 Å². The summed E-state index contributed by atoms with van der Waals surface area (Å²) in [5.74, 6) is 0.265. The Bertz CT molecular complexity index is 468. The lowest BCUT2D eigenvalue weighted by Gasteiger charge is -2.08. The van der Waals surface area contributed by atoms with E-state index in [1.54, 1.807) is 0 Å². The molecule has 86 valence electrons. The molecule has 17 heavy (non-hydrogen) atoms. The zero-order valence-electron chi connectivity index (χ0n) is 9.39. The minimum Gasteiger partial charge on any atom is -0.283 e. The molecule has 0 spiro atoms. The van der Waals surface area contributed by atoms with E-state index in [0.717, 1.165) is 11.1 Å². The van der Waals surface area contributed by atoms with Gasteiger partial charge in [0, 0.05) is 5.56 Å². The summed E-state index contributed by atoms with van der Waals surface area (Å²) in [6, 6.07) is 19.3. The molecule has 0 atom stereocenters. The number of nitrogens with one attached hydrogen (secondary N) is 2. The lowest BCUT2D eigenvalue weighted by molar-refractivity contribution is 0.0711. The Kier molecular flexibility index (Phi) is 3.89. The number of rotatable bonds is 4. The summed E-state index contributed by atoms with van der Waals surface area (Å²) >= 11 is 0. The van der Waals surface area contributed by atoms with Crippen molar-refractivity contribution in [2.24, 2.45) is 0 Å². The van der Waals surface area contributed by atoms with Gasteiger partial charge in [-0.15, -0.1) is 0 Å². The van der Waals surface area contributed by atoms with Gasteiger partial charge in [0.25, 0.3) is 0 Å². The van der Waals surface area contributed by atoms with Gasteiger partial charge in [-0.25, -0.2) is 5.48 Å². The molecule has 3 heteroatoms. The first kappa shape index (κ1) is 11.4. The van der Waals surface area contributed by atoms with Gasteiger partial charge in [0.15, 0.2) is 0 Å². The molecule has 0 saturated heterocycles. The standard InChI is InChI=1S/C14H14N2O/c15-14(13-9-5-2-6-10-13)16-17-11-12-7-3-1-4-8-12/h1-10H,11H2,(H2,15,16). The second kappa shape index (κ2) is 5.82. The van der Waals surface area contributed by atoms with Crippen LogP contribution < -0.4 is 5.48 Å². The third-order valence-electron chi connectivity index (χ3n) is 2.32. The maximum atomic E-state index is 7.76. The molecular weight excluding hydrogens is 212 g/mol. The van der Waals surface area contributed by atoms with E-state index < -0.39 is 0 Å². The smallest absolute Gasteiger partial charge is 0.149 e. The SMILES string of the molecule is N=C(NOCc1ccccc1)c1ccccc1. The molecule has 0 aliphatic heterocycles. The fraction of sp³-hybridized carbons (Fsp3) is 0.0714. The van der Waals surface area contributed by atoms with Gasteiger partial charge in [0.2, 0.25) is 0 Å². The summed E-state index contributed by atoms with van der Waals surface area (Å²) in [6.45, 7) is 0.441. The topological polar surface area (TPSA) is 45.1 Å². The van der Waals surface area contributed by atoms with Crippen LogP contribution in [0, 0.1) is 5.41 Å². The Labute approximate surface area is 101 Å². The van der Waals surface area contributed by atoms with E-state index >= 15 is 0 Å². The average molecular weight is 226 g/mol. The van der Waals surface area contributed by atoms with Crippen LogP contribution >= 0.6 is 0 Å². The number of amidine groups is 1. The third-order valence-corrected chi connectivity index (χ3v) is 2.32. The van der Waals surface area contributed by atoms with Crippen molar-refractivity contribution in [3.63, 3.8) is 0 Å². The molecule has 2 N–H and O–H groups in total. The van der Waals surface area contributed by atoms with Crippen LogP contribution in [0.5, 0.6) is 0 Å². The molecule has 2 rings (SSSR count). The van der Waals surface area contributed by atoms with Gasteiger partial charge in [-0.2, -0.15) is 0 Å². The first-order valence-corrected chi connectivity index (χ1v) is 5.42. The largest absolute Gasteiger partial charge is 0.283 e. The first-order valence-electron chi connectivity index (χ1n) is 5.42. The normalized spacial score (nSPS) is 9.88. The predicted molar refractivity (Wildman–Crippen MR) is 67.6 cm³/mol. The van der Waals surface area contributed by atoms with E-state index in [9.17, 15) is 0 Å². The van der Waals surface area contributed by atoms with Crippen LogP contribution in [0.25, 0.3) is 0 Å². The van der Waals surface area contributed by atoms with E-state index in [0.29, 0.717) is 6.61 Å². The Morgan fingerprint density at radius 1 is 0.941 bits per heavy atom. The van der Waals surface area contributed by atoms with Gasteiger partial charge in [0.1, 0.15) is 5.84 Å². The highest BCUT2D eigenvalue weighted by Crippen LogP contribution is 2.01. The predicted octanol–water partition coefficient (Wildman–Crippen LogP) is 2.73. The highest BCUT2D eigenvalue weighted by atomic mass is 16.6. The average Bonchev–Trinajstić information content (AvgIpc) is 2.41. The Morgan fingerprint density at radius 2 is 1.53 bits per heavy atom. The zero-order valence-corrected chi connectivity index (χ0v) is 9.39. The maximum absolute atomic E-state index is 7.76. The quantitative estimate of drug-likeness (QED) is 0.478. The van der Waals surface area contributed by atoms with Crippen LogP contribution in [0.2, 0.25) is 0 Å². The summed E-state index contributed by atoms with van der Waals surface area (Å²) in [4.78, 5) is 5.26. The van der Waals surface area contributed by atoms with Crippen LogP contribution in [-0.2, 0) is 11.4 Å². The van der Waals surface area contributed by atoms with Gasteiger partial charge >= 0.3 is 0 Å². The number of benzene rings is 2. The summed E-state index contributed by atoms with van der Waals surface area (Å²) in [7, 11) is 0. The fourth-order valence-corrected chi connectivity index (χ4v) is 1.43. The van der Waals surface area contributed by atoms with Crippen molar-refractivity contribution in [3.8, 4) is 0 Å². The van der Waals surface area contributed by atoms with Gasteiger partial charge in [0.05, 0.1) is 6.61 Å². The minimum absolute atomic E-state index is 0.265. The van der Waals surface area contributed by atoms with Gasteiger partial charge in [-0.3, -0.25) is 10.2 Å². The molecule has 0 bridgehead atoms. The van der Waals surface area contributed by atoms with Gasteiger partial charge in [-0.05, 0) is 5.56 Å². The van der Waals surface area contributed by atoms with E-state index in [1.165, 1.54) is 0 Å². The molecule has 2 aromatic rings. The molecule has 0 saturated carbocycles. The second-order valence-corrected chi connectivity index (χ2v) is 3.62. The van der Waals surface area contributed by atoms with E-state index in [-0.39, 0.29) is 5.84 Å². The molecule has 0 aromatic heterocycles. The van der Waals surface area contributed by atoms with E-state index in [1.807, 2.05) is 60.7 Å². The maximum Gasteiger partial charge on any atom is 0.149 e. The van der Waals surface area contributed by atoms with Crippen LogP contribution in [0.4, 0.5) is 0 Å². The molecule has 0 unspecified atom stereocenters. The zero-order chi connectivity index (χ0) is 11.9. The van der Waals surface area contributed by atoms with E-state index in [4.69, 9.17) is 10.2 Å². The molecule has 0 aliphatic rings. The van der Waals surface area contributed by atoms with Crippen molar-refractivity contribution < 1.29 is 4.84 Å². The highest BCUT2D eigenvalue weighted by molar-refractivity contribution is 5.95. The Hall–Kier alpha value is -2.13. The lowest BCUT2D eigenvalue weighted by Crippen LogP contribution is -2.23. The summed E-state index contributed by atoms with van der Waals surface area (Å²) in [6.07, 6.45) is 0. The van der Waals surface area contributed by atoms with Crippen molar-refractivity contribution in [3.05, 3.63) is 71.8 Å².